The van der Waals surface area contributed by atoms with E-state index in [1.807, 2.05) is 18.2 Å². The van der Waals surface area contributed by atoms with Gasteiger partial charge in [0.15, 0.2) is 18.1 Å². The van der Waals surface area contributed by atoms with Gasteiger partial charge < -0.3 is 19.5 Å². The van der Waals surface area contributed by atoms with Crippen molar-refractivity contribution in [1.82, 2.24) is 10.3 Å². The van der Waals surface area contributed by atoms with Gasteiger partial charge >= 0.3 is 0 Å². The van der Waals surface area contributed by atoms with E-state index in [0.29, 0.717) is 23.8 Å². The highest BCUT2D eigenvalue weighted by Gasteiger charge is 2.14. The van der Waals surface area contributed by atoms with Gasteiger partial charge in [-0.05, 0) is 24.3 Å². The number of nitrogens with one attached hydrogen (secondary N) is 1. The van der Waals surface area contributed by atoms with Crippen LogP contribution in [0.2, 0.25) is 0 Å². The van der Waals surface area contributed by atoms with Gasteiger partial charge in [-0.2, -0.15) is 0 Å². The normalized spacial score (nSPS) is 12.0. The van der Waals surface area contributed by atoms with Gasteiger partial charge in [-0.15, -0.1) is 0 Å². The van der Waals surface area contributed by atoms with E-state index in [4.69, 9.17) is 14.2 Å². The molecule has 0 saturated carbocycles. The van der Waals surface area contributed by atoms with Gasteiger partial charge in [-0.3, -0.25) is 9.78 Å². The first-order chi connectivity index (χ1) is 10.3. The van der Waals surface area contributed by atoms with Crippen molar-refractivity contribution >= 4 is 5.91 Å². The van der Waals surface area contributed by atoms with Crippen LogP contribution in [0.3, 0.4) is 0 Å². The van der Waals surface area contributed by atoms with Crippen LogP contribution in [-0.2, 0) is 11.3 Å². The Hall–Kier alpha value is -2.76. The first-order valence-corrected chi connectivity index (χ1v) is 6.50. The fourth-order valence-corrected chi connectivity index (χ4v) is 1.86. The zero-order valence-electron chi connectivity index (χ0n) is 11.2. The third-order valence-corrected chi connectivity index (χ3v) is 2.91. The lowest BCUT2D eigenvalue weighted by atomic mass is 10.3. The number of amides is 1. The summed E-state index contributed by atoms with van der Waals surface area (Å²) in [4.78, 5) is 15.8. The Bertz CT molecular complexity index is 631. The quantitative estimate of drug-likeness (QED) is 0.902. The summed E-state index contributed by atoms with van der Waals surface area (Å²) in [5.74, 6) is 1.66. The molecule has 0 saturated heterocycles. The van der Waals surface area contributed by atoms with E-state index in [1.165, 1.54) is 0 Å². The number of nitrogens with zero attached hydrogens (tertiary/aromatic N) is 1. The number of carbonyl (C=O) groups is 1. The second-order valence-corrected chi connectivity index (χ2v) is 4.40. The molecule has 1 aromatic carbocycles. The van der Waals surface area contributed by atoms with Crippen LogP contribution in [-0.4, -0.2) is 24.3 Å². The minimum Gasteiger partial charge on any atom is -0.484 e. The molecule has 3 rings (SSSR count). The smallest absolute Gasteiger partial charge is 0.258 e. The second-order valence-electron chi connectivity index (χ2n) is 4.40. The molecule has 2 heterocycles. The predicted molar refractivity (Wildman–Crippen MR) is 74.1 cm³/mol. The van der Waals surface area contributed by atoms with Crippen molar-refractivity contribution in [1.29, 1.82) is 0 Å². The molecule has 6 nitrogen and oxygen atoms in total. The monoisotopic (exact) mass is 286 g/mol. The summed E-state index contributed by atoms with van der Waals surface area (Å²) in [6.07, 6.45) is 1.69. The van der Waals surface area contributed by atoms with Crippen molar-refractivity contribution in [3.63, 3.8) is 0 Å². The number of aromatic nitrogens is 1. The predicted octanol–water partition coefficient (Wildman–Crippen LogP) is 1.51. The zero-order chi connectivity index (χ0) is 14.5. The lowest BCUT2D eigenvalue weighted by Gasteiger charge is -2.07. The first kappa shape index (κ1) is 13.2. The molecule has 0 aliphatic carbocycles. The summed E-state index contributed by atoms with van der Waals surface area (Å²) in [7, 11) is 0. The third-order valence-electron chi connectivity index (χ3n) is 2.91. The van der Waals surface area contributed by atoms with E-state index < -0.39 is 0 Å². The third kappa shape index (κ3) is 3.42. The van der Waals surface area contributed by atoms with Gasteiger partial charge in [0.2, 0.25) is 6.79 Å². The van der Waals surface area contributed by atoms with Gasteiger partial charge in [0.05, 0.1) is 12.2 Å². The van der Waals surface area contributed by atoms with E-state index in [-0.39, 0.29) is 19.3 Å². The van der Waals surface area contributed by atoms with Crippen molar-refractivity contribution in [2.24, 2.45) is 0 Å². The molecule has 0 fully saturated rings. The van der Waals surface area contributed by atoms with Crippen molar-refractivity contribution in [3.05, 3.63) is 48.3 Å². The maximum Gasteiger partial charge on any atom is 0.258 e. The summed E-state index contributed by atoms with van der Waals surface area (Å²) < 4.78 is 15.9. The van der Waals surface area contributed by atoms with Gasteiger partial charge in [0.25, 0.3) is 5.91 Å². The Labute approximate surface area is 121 Å². The fourth-order valence-electron chi connectivity index (χ4n) is 1.86. The molecular formula is C15H14N2O4. The molecule has 1 aromatic heterocycles. The molecule has 0 atom stereocenters. The highest BCUT2D eigenvalue weighted by atomic mass is 16.7. The minimum absolute atomic E-state index is 0.0630. The van der Waals surface area contributed by atoms with Crippen LogP contribution in [0, 0.1) is 0 Å². The van der Waals surface area contributed by atoms with Gasteiger partial charge in [0, 0.05) is 12.3 Å². The maximum absolute atomic E-state index is 11.7. The van der Waals surface area contributed by atoms with Gasteiger partial charge in [0.1, 0.15) is 5.75 Å². The van der Waals surface area contributed by atoms with E-state index >= 15 is 0 Å². The topological polar surface area (TPSA) is 69.7 Å². The van der Waals surface area contributed by atoms with Crippen LogP contribution in [0.15, 0.2) is 42.6 Å². The largest absolute Gasteiger partial charge is 0.484 e. The Morgan fingerprint density at radius 2 is 2.14 bits per heavy atom. The molecule has 1 amide bonds. The summed E-state index contributed by atoms with van der Waals surface area (Å²) in [6, 6.07) is 10.7. The highest BCUT2D eigenvalue weighted by Crippen LogP contribution is 2.34. The van der Waals surface area contributed by atoms with Crippen molar-refractivity contribution < 1.29 is 19.0 Å². The molecule has 0 spiro atoms. The number of fused-ring (bicyclic) bond motifs is 1. The number of hydrogen-bond acceptors (Lipinski definition) is 5. The SMILES string of the molecule is O=C(COc1ccc2c(c1)OCO2)NCc1ccccn1. The lowest BCUT2D eigenvalue weighted by Crippen LogP contribution is -2.28. The van der Waals surface area contributed by atoms with Gasteiger partial charge in [-0.25, -0.2) is 0 Å². The van der Waals surface area contributed by atoms with Crippen LogP contribution in [0.25, 0.3) is 0 Å². The molecule has 1 aliphatic rings. The molecular weight excluding hydrogens is 272 g/mol. The highest BCUT2D eigenvalue weighted by molar-refractivity contribution is 5.77. The van der Waals surface area contributed by atoms with E-state index in [0.717, 1.165) is 5.69 Å². The van der Waals surface area contributed by atoms with E-state index in [2.05, 4.69) is 10.3 Å². The first-order valence-electron chi connectivity index (χ1n) is 6.50. The van der Waals surface area contributed by atoms with Crippen LogP contribution < -0.4 is 19.5 Å². The minimum atomic E-state index is -0.210. The molecule has 21 heavy (non-hydrogen) atoms. The van der Waals surface area contributed by atoms with Crippen LogP contribution in [0.1, 0.15) is 5.69 Å². The molecule has 1 aliphatic heterocycles. The Morgan fingerprint density at radius 3 is 3.00 bits per heavy atom. The Kier molecular flexibility index (Phi) is 3.86. The number of carbonyl (C=O) groups excluding carboxylic acids is 1. The molecule has 0 bridgehead atoms. The number of hydrogen-bond donors (Lipinski definition) is 1. The molecule has 1 N–H and O–H groups in total. The van der Waals surface area contributed by atoms with E-state index in [1.54, 1.807) is 24.4 Å². The summed E-state index contributed by atoms with van der Waals surface area (Å²) in [5, 5.41) is 2.74. The maximum atomic E-state index is 11.7. The standard InChI is InChI=1S/C15H14N2O4/c18-15(17-8-11-3-1-2-6-16-11)9-19-12-4-5-13-14(7-12)21-10-20-13/h1-7H,8-10H2,(H,17,18). The van der Waals surface area contributed by atoms with Crippen molar-refractivity contribution in [2.75, 3.05) is 13.4 Å². The molecule has 6 heteroatoms. The number of ether oxygens (including phenoxy) is 3. The zero-order valence-corrected chi connectivity index (χ0v) is 11.2. The molecule has 0 unspecified atom stereocenters. The number of pyridine rings is 1. The summed E-state index contributed by atoms with van der Waals surface area (Å²) in [5.41, 5.74) is 0.800. The molecule has 2 aromatic rings. The average Bonchev–Trinajstić information content (AvgIpc) is 2.99. The lowest BCUT2D eigenvalue weighted by molar-refractivity contribution is -0.123. The fraction of sp³-hybridized carbons (Fsp3) is 0.200. The Morgan fingerprint density at radius 1 is 1.24 bits per heavy atom. The molecule has 108 valence electrons. The van der Waals surface area contributed by atoms with Crippen LogP contribution >= 0.6 is 0 Å². The number of benzene rings is 1. The van der Waals surface area contributed by atoms with E-state index in [9.17, 15) is 4.79 Å². The second kappa shape index (κ2) is 6.13. The average molecular weight is 286 g/mol. The van der Waals surface area contributed by atoms with Crippen LogP contribution in [0.5, 0.6) is 17.2 Å². The molecule has 0 radical (unpaired) electrons. The number of rotatable bonds is 5. The Balaban J connectivity index is 1.47. The van der Waals surface area contributed by atoms with Gasteiger partial charge in [-0.1, -0.05) is 6.07 Å². The summed E-state index contributed by atoms with van der Waals surface area (Å²) >= 11 is 0. The van der Waals surface area contributed by atoms with Crippen molar-refractivity contribution in [3.8, 4) is 17.2 Å². The van der Waals surface area contributed by atoms with Crippen LogP contribution in [0.4, 0.5) is 0 Å². The van der Waals surface area contributed by atoms with Crippen molar-refractivity contribution in [2.45, 2.75) is 6.54 Å². The summed E-state index contributed by atoms with van der Waals surface area (Å²) in [6.45, 7) is 0.528.